The molecule has 0 aliphatic heterocycles. The van der Waals surface area contributed by atoms with E-state index >= 15 is 0 Å². The third-order valence-corrected chi connectivity index (χ3v) is 1.76. The van der Waals surface area contributed by atoms with Crippen molar-refractivity contribution in [2.24, 2.45) is 0 Å². The quantitative estimate of drug-likeness (QED) is 0.368. The summed E-state index contributed by atoms with van der Waals surface area (Å²) >= 11 is 0. The van der Waals surface area contributed by atoms with Gasteiger partial charge in [0.25, 0.3) is 0 Å². The van der Waals surface area contributed by atoms with Gasteiger partial charge in [-0.2, -0.15) is 29.8 Å². The van der Waals surface area contributed by atoms with Crippen molar-refractivity contribution in [3.8, 4) is 0 Å². The van der Waals surface area contributed by atoms with Crippen LogP contribution in [-0.4, -0.2) is 0 Å². The fourth-order valence-electron chi connectivity index (χ4n) is 1.31. The van der Waals surface area contributed by atoms with E-state index in [4.69, 9.17) is 0 Å². The van der Waals surface area contributed by atoms with E-state index in [2.05, 4.69) is 57.2 Å². The third kappa shape index (κ3) is 13.7. The van der Waals surface area contributed by atoms with Gasteiger partial charge in [0.2, 0.25) is 0 Å². The number of rotatable bonds is 0. The van der Waals surface area contributed by atoms with Crippen LogP contribution in [0.5, 0.6) is 0 Å². The van der Waals surface area contributed by atoms with E-state index in [0.29, 0.717) is 0 Å². The number of hydrogen-bond acceptors (Lipinski definition) is 0. The van der Waals surface area contributed by atoms with Crippen LogP contribution in [0.15, 0.2) is 36.4 Å². The molecule has 0 nitrogen and oxygen atoms in total. The Balaban J connectivity index is -0.0000000435. The van der Waals surface area contributed by atoms with Crippen molar-refractivity contribution in [2.75, 3.05) is 0 Å². The van der Waals surface area contributed by atoms with Crippen molar-refractivity contribution >= 4 is 57.9 Å². The molecule has 0 spiro atoms. The van der Waals surface area contributed by atoms with E-state index in [1.165, 1.54) is 16.3 Å². The standard InChI is InChI=1S/C10H9.2C2H5.3ClH.H3P.Zr/c1-8-6-9-4-2-3-5-10(9)7-8;2*1-2;;;;;/h2-7H,1H3;2*1H2,2H3;3*1H;1H3;/q3*-1;;;;;+3. The zero-order valence-corrected chi connectivity index (χ0v) is 18.1. The van der Waals surface area contributed by atoms with Gasteiger partial charge in [-0.05, 0) is 0 Å². The number of halogens is 3. The van der Waals surface area contributed by atoms with Crippen LogP contribution in [0.25, 0.3) is 10.8 Å². The van der Waals surface area contributed by atoms with Crippen molar-refractivity contribution in [1.82, 2.24) is 0 Å². The molecular formula is C14H25Cl3PZr. The van der Waals surface area contributed by atoms with E-state index in [-0.39, 0.29) is 73.3 Å². The van der Waals surface area contributed by atoms with Crippen LogP contribution >= 0.6 is 47.1 Å². The summed E-state index contributed by atoms with van der Waals surface area (Å²) in [6.45, 7) is 12.1. The van der Waals surface area contributed by atoms with Gasteiger partial charge in [0, 0.05) is 0 Å². The van der Waals surface area contributed by atoms with Crippen molar-refractivity contribution in [2.45, 2.75) is 20.8 Å². The first-order chi connectivity index (χ1) is 6.86. The van der Waals surface area contributed by atoms with Crippen molar-refractivity contribution < 1.29 is 26.2 Å². The molecule has 0 heterocycles. The summed E-state index contributed by atoms with van der Waals surface area (Å²) in [4.78, 5) is 0. The summed E-state index contributed by atoms with van der Waals surface area (Å²) in [6, 6.07) is 12.8. The summed E-state index contributed by atoms with van der Waals surface area (Å²) in [7, 11) is 0. The molecule has 111 valence electrons. The Hall–Kier alpha value is 1.01. The second kappa shape index (κ2) is 24.1. The number of hydrogen-bond donors (Lipinski definition) is 0. The Morgan fingerprint density at radius 3 is 1.74 bits per heavy atom. The molecule has 0 fully saturated rings. The first-order valence-corrected chi connectivity index (χ1v) is 4.90. The Morgan fingerprint density at radius 2 is 1.32 bits per heavy atom. The van der Waals surface area contributed by atoms with Crippen LogP contribution in [0.1, 0.15) is 19.4 Å². The number of benzene rings is 1. The molecule has 2 rings (SSSR count). The Kier molecular flexibility index (Phi) is 46.7. The molecule has 1 unspecified atom stereocenters. The van der Waals surface area contributed by atoms with Crippen LogP contribution in [0.3, 0.4) is 0 Å². The summed E-state index contributed by atoms with van der Waals surface area (Å²) in [5.74, 6) is 0. The average Bonchev–Trinajstić information content (AvgIpc) is 2.64. The fourth-order valence-corrected chi connectivity index (χ4v) is 1.31. The maximum absolute atomic E-state index is 3.25. The molecule has 2 aromatic rings. The molecule has 1 radical (unpaired) electrons. The Labute approximate surface area is 159 Å². The predicted molar refractivity (Wildman–Crippen MR) is 99.2 cm³/mol. The molecule has 0 saturated heterocycles. The van der Waals surface area contributed by atoms with Gasteiger partial charge in [-0.3, -0.25) is 0 Å². The second-order valence-corrected chi connectivity index (χ2v) is 2.66. The van der Waals surface area contributed by atoms with E-state index in [9.17, 15) is 0 Å². The Bertz CT molecular complexity index is 331. The van der Waals surface area contributed by atoms with E-state index < -0.39 is 0 Å². The molecule has 0 N–H and O–H groups in total. The molecule has 0 bridgehead atoms. The third-order valence-electron chi connectivity index (χ3n) is 1.76. The van der Waals surface area contributed by atoms with E-state index in [1.54, 1.807) is 13.8 Å². The molecular weight excluding hydrogens is 397 g/mol. The number of fused-ring (bicyclic) bond motifs is 1. The first-order valence-electron chi connectivity index (χ1n) is 4.90. The van der Waals surface area contributed by atoms with Gasteiger partial charge in [0.1, 0.15) is 0 Å². The predicted octanol–water partition coefficient (Wildman–Crippen LogP) is 5.87. The summed E-state index contributed by atoms with van der Waals surface area (Å²) in [5.41, 5.74) is 1.35. The minimum atomic E-state index is 0. The van der Waals surface area contributed by atoms with Gasteiger partial charge >= 0.3 is 26.2 Å². The van der Waals surface area contributed by atoms with Gasteiger partial charge in [0.05, 0.1) is 0 Å². The largest absolute Gasteiger partial charge is 3.00 e. The van der Waals surface area contributed by atoms with Gasteiger partial charge < -0.3 is 13.8 Å². The molecule has 0 aliphatic carbocycles. The van der Waals surface area contributed by atoms with Crippen LogP contribution in [0.4, 0.5) is 0 Å². The van der Waals surface area contributed by atoms with Gasteiger partial charge in [-0.1, -0.05) is 13.0 Å². The van der Waals surface area contributed by atoms with E-state index in [0.717, 1.165) is 0 Å². The van der Waals surface area contributed by atoms with Gasteiger partial charge in [-0.25, -0.2) is 0 Å². The maximum Gasteiger partial charge on any atom is 3.00 e. The number of aryl methyl sites for hydroxylation is 1. The molecule has 0 aliphatic rings. The maximum atomic E-state index is 3.25. The zero-order chi connectivity index (χ0) is 11.0. The van der Waals surface area contributed by atoms with Crippen LogP contribution in [0.2, 0.25) is 0 Å². The van der Waals surface area contributed by atoms with Gasteiger partial charge in [0.15, 0.2) is 0 Å². The van der Waals surface area contributed by atoms with E-state index in [1.807, 2.05) is 0 Å². The first kappa shape index (κ1) is 36.8. The minimum absolute atomic E-state index is 0. The molecule has 5 heteroatoms. The summed E-state index contributed by atoms with van der Waals surface area (Å²) in [6.07, 6.45) is 0. The molecule has 1 atom stereocenters. The van der Waals surface area contributed by atoms with Crippen LogP contribution in [-0.2, 0) is 26.2 Å². The van der Waals surface area contributed by atoms with Gasteiger partial charge in [-0.15, -0.1) is 77.8 Å². The fraction of sp³-hybridized carbons (Fsp3) is 0.214. The average molecular weight is 422 g/mol. The molecule has 2 aromatic carbocycles. The van der Waals surface area contributed by atoms with Crippen LogP contribution in [0, 0.1) is 20.8 Å². The Morgan fingerprint density at radius 1 is 0.895 bits per heavy atom. The molecule has 0 amide bonds. The monoisotopic (exact) mass is 419 g/mol. The smallest absolute Gasteiger partial charge is 0.346 e. The molecule has 0 aromatic heterocycles. The topological polar surface area (TPSA) is 0 Å². The zero-order valence-electron chi connectivity index (χ0n) is 11.8. The second-order valence-electron chi connectivity index (χ2n) is 2.66. The molecule has 0 saturated carbocycles. The summed E-state index contributed by atoms with van der Waals surface area (Å²) < 4.78 is 0. The normalized spacial score (nSPS) is 6.16. The van der Waals surface area contributed by atoms with Crippen molar-refractivity contribution in [3.05, 3.63) is 55.8 Å². The summed E-state index contributed by atoms with van der Waals surface area (Å²) in [5, 5.41) is 2.69. The SMILES string of the molecule is Cc1cc2ccccc2[cH-]1.Cl.Cl.Cl.P.[CH2-]C.[CH2-]C.[Zr+3]. The van der Waals surface area contributed by atoms with Crippen LogP contribution < -0.4 is 0 Å². The minimum Gasteiger partial charge on any atom is -0.346 e. The van der Waals surface area contributed by atoms with Crippen molar-refractivity contribution in [3.63, 3.8) is 0 Å². The van der Waals surface area contributed by atoms with Crippen molar-refractivity contribution in [1.29, 1.82) is 0 Å². The molecule has 19 heavy (non-hydrogen) atoms.